The molecule has 0 fully saturated rings. The molecule has 0 spiro atoms. The number of aliphatic carboxylic acids is 1. The van der Waals surface area contributed by atoms with Gasteiger partial charge in [0.15, 0.2) is 0 Å². The molecule has 0 bridgehead atoms. The highest BCUT2D eigenvalue weighted by atomic mass is 16.5. The van der Waals surface area contributed by atoms with Crippen molar-refractivity contribution in [3.63, 3.8) is 0 Å². The van der Waals surface area contributed by atoms with Gasteiger partial charge >= 0.3 is 5.97 Å². The highest BCUT2D eigenvalue weighted by Crippen LogP contribution is 2.07. The van der Waals surface area contributed by atoms with Crippen molar-refractivity contribution in [2.75, 3.05) is 32.9 Å². The van der Waals surface area contributed by atoms with E-state index in [2.05, 4.69) is 0 Å². The maximum Gasteiger partial charge on any atom is 0.323 e. The van der Waals surface area contributed by atoms with E-state index in [0.717, 1.165) is 5.75 Å². The van der Waals surface area contributed by atoms with Gasteiger partial charge < -0.3 is 19.5 Å². The van der Waals surface area contributed by atoms with Crippen LogP contribution in [0.3, 0.4) is 0 Å². The van der Waals surface area contributed by atoms with Crippen LogP contribution in [0.1, 0.15) is 13.8 Å². The van der Waals surface area contributed by atoms with Crippen molar-refractivity contribution < 1.29 is 24.2 Å². The number of hydrogen-bond acceptors (Lipinski definition) is 4. The summed E-state index contributed by atoms with van der Waals surface area (Å²) >= 11 is 0. The van der Waals surface area contributed by atoms with Gasteiger partial charge in [0.25, 0.3) is 0 Å². The zero-order chi connectivity index (χ0) is 16.4. The third-order valence-electron chi connectivity index (χ3n) is 2.73. The number of carbonyl (C=O) groups is 2. The fourth-order valence-corrected chi connectivity index (χ4v) is 1.84. The first-order chi connectivity index (χ1) is 10.5. The Morgan fingerprint density at radius 2 is 1.86 bits per heavy atom. The van der Waals surface area contributed by atoms with Gasteiger partial charge in [0.05, 0.1) is 6.61 Å². The van der Waals surface area contributed by atoms with E-state index in [-0.39, 0.29) is 31.6 Å². The second kappa shape index (κ2) is 9.78. The lowest BCUT2D eigenvalue weighted by atomic mass is 10.2. The summed E-state index contributed by atoms with van der Waals surface area (Å²) < 4.78 is 10.7. The van der Waals surface area contributed by atoms with Crippen LogP contribution in [0.5, 0.6) is 5.75 Å². The number of carboxylic acid groups (broad SMARTS) is 1. The molecule has 6 nitrogen and oxygen atoms in total. The van der Waals surface area contributed by atoms with E-state index in [4.69, 9.17) is 14.6 Å². The first-order valence-electron chi connectivity index (χ1n) is 7.24. The first-order valence-corrected chi connectivity index (χ1v) is 7.24. The van der Waals surface area contributed by atoms with Crippen molar-refractivity contribution in [2.24, 2.45) is 5.92 Å². The molecule has 1 N–H and O–H groups in total. The molecule has 122 valence electrons. The second-order valence-corrected chi connectivity index (χ2v) is 5.28. The molecule has 0 aliphatic heterocycles. The Morgan fingerprint density at radius 3 is 2.45 bits per heavy atom. The SMILES string of the molecule is CC(C)CN(CC(=O)O)C(=O)COCCOc1ccccc1. The highest BCUT2D eigenvalue weighted by molar-refractivity contribution is 5.82. The van der Waals surface area contributed by atoms with E-state index in [1.807, 2.05) is 44.2 Å². The summed E-state index contributed by atoms with van der Waals surface area (Å²) in [6.07, 6.45) is 0. The molecule has 1 amide bonds. The molecule has 0 saturated heterocycles. The van der Waals surface area contributed by atoms with Gasteiger partial charge in [0.2, 0.25) is 5.91 Å². The van der Waals surface area contributed by atoms with E-state index in [1.165, 1.54) is 4.90 Å². The van der Waals surface area contributed by atoms with Crippen LogP contribution in [0, 0.1) is 5.92 Å². The van der Waals surface area contributed by atoms with Crippen molar-refractivity contribution in [3.05, 3.63) is 30.3 Å². The number of carbonyl (C=O) groups excluding carboxylic acids is 1. The summed E-state index contributed by atoms with van der Waals surface area (Å²) in [5.74, 6) is -0.410. The average molecular weight is 309 g/mol. The minimum absolute atomic E-state index is 0.141. The summed E-state index contributed by atoms with van der Waals surface area (Å²) in [5, 5.41) is 8.83. The van der Waals surface area contributed by atoms with Crippen LogP contribution >= 0.6 is 0 Å². The van der Waals surface area contributed by atoms with Crippen LogP contribution in [0.15, 0.2) is 30.3 Å². The zero-order valence-corrected chi connectivity index (χ0v) is 13.0. The van der Waals surface area contributed by atoms with E-state index in [9.17, 15) is 9.59 Å². The van der Waals surface area contributed by atoms with E-state index < -0.39 is 5.97 Å². The van der Waals surface area contributed by atoms with Crippen LogP contribution in [-0.4, -0.2) is 54.8 Å². The average Bonchev–Trinajstić information content (AvgIpc) is 2.46. The van der Waals surface area contributed by atoms with Crippen LogP contribution in [0.4, 0.5) is 0 Å². The highest BCUT2D eigenvalue weighted by Gasteiger charge is 2.17. The summed E-state index contributed by atoms with van der Waals surface area (Å²) in [7, 11) is 0. The fourth-order valence-electron chi connectivity index (χ4n) is 1.84. The van der Waals surface area contributed by atoms with Crippen molar-refractivity contribution in [1.29, 1.82) is 0 Å². The molecule has 0 aliphatic rings. The second-order valence-electron chi connectivity index (χ2n) is 5.28. The maximum absolute atomic E-state index is 11.9. The molecule has 0 aromatic heterocycles. The third-order valence-corrected chi connectivity index (χ3v) is 2.73. The number of amides is 1. The van der Waals surface area contributed by atoms with Gasteiger partial charge in [-0.25, -0.2) is 0 Å². The monoisotopic (exact) mass is 309 g/mol. The predicted octanol–water partition coefficient (Wildman–Crippen LogP) is 1.65. The standard InChI is InChI=1S/C16H23NO5/c1-13(2)10-17(11-16(19)20)15(18)12-21-8-9-22-14-6-4-3-5-7-14/h3-7,13H,8-12H2,1-2H3,(H,19,20). The maximum atomic E-state index is 11.9. The molecule has 6 heteroatoms. The smallest absolute Gasteiger partial charge is 0.323 e. The quantitative estimate of drug-likeness (QED) is 0.665. The molecule has 1 rings (SSSR count). The lowest BCUT2D eigenvalue weighted by molar-refractivity contribution is -0.147. The molecule has 22 heavy (non-hydrogen) atoms. The Hall–Kier alpha value is -2.08. The van der Waals surface area contributed by atoms with Gasteiger partial charge in [-0.2, -0.15) is 0 Å². The lowest BCUT2D eigenvalue weighted by Crippen LogP contribution is -2.40. The van der Waals surface area contributed by atoms with E-state index in [1.54, 1.807) is 0 Å². The number of carboxylic acids is 1. The van der Waals surface area contributed by atoms with Gasteiger partial charge in [-0.1, -0.05) is 32.0 Å². The molecule has 1 aromatic rings. The Balaban J connectivity index is 2.26. The van der Waals surface area contributed by atoms with Gasteiger partial charge in [-0.15, -0.1) is 0 Å². The van der Waals surface area contributed by atoms with Gasteiger partial charge in [0.1, 0.15) is 25.5 Å². The molecule has 0 atom stereocenters. The normalized spacial score (nSPS) is 10.5. The number of para-hydroxylation sites is 1. The van der Waals surface area contributed by atoms with Gasteiger partial charge in [-0.3, -0.25) is 9.59 Å². The number of rotatable bonds is 10. The minimum atomic E-state index is -1.03. The molecular formula is C16H23NO5. The Bertz CT molecular complexity index is 461. The van der Waals surface area contributed by atoms with Crippen LogP contribution in [-0.2, 0) is 14.3 Å². The first kappa shape index (κ1) is 18.0. The Morgan fingerprint density at radius 1 is 1.18 bits per heavy atom. The molecule has 0 heterocycles. The van der Waals surface area contributed by atoms with E-state index >= 15 is 0 Å². The number of ether oxygens (including phenoxy) is 2. The van der Waals surface area contributed by atoms with Crippen molar-refractivity contribution in [2.45, 2.75) is 13.8 Å². The van der Waals surface area contributed by atoms with Gasteiger partial charge in [0, 0.05) is 6.54 Å². The van der Waals surface area contributed by atoms with Crippen molar-refractivity contribution >= 4 is 11.9 Å². The molecule has 1 aromatic carbocycles. The molecule has 0 aliphatic carbocycles. The third kappa shape index (κ3) is 7.64. The Kier molecular flexibility index (Phi) is 7.99. The van der Waals surface area contributed by atoms with E-state index in [0.29, 0.717) is 13.2 Å². The molecule has 0 saturated carbocycles. The molecular weight excluding hydrogens is 286 g/mol. The summed E-state index contributed by atoms with van der Waals surface area (Å²) in [6.45, 7) is 4.41. The number of hydrogen-bond donors (Lipinski definition) is 1. The topological polar surface area (TPSA) is 76.1 Å². The number of nitrogens with zero attached hydrogens (tertiary/aromatic N) is 1. The largest absolute Gasteiger partial charge is 0.491 e. The zero-order valence-electron chi connectivity index (χ0n) is 13.0. The molecule has 0 radical (unpaired) electrons. The summed E-state index contributed by atoms with van der Waals surface area (Å²) in [4.78, 5) is 24.0. The van der Waals surface area contributed by atoms with Gasteiger partial charge in [-0.05, 0) is 18.1 Å². The van der Waals surface area contributed by atoms with Crippen molar-refractivity contribution in [1.82, 2.24) is 4.90 Å². The summed E-state index contributed by atoms with van der Waals surface area (Å²) in [6, 6.07) is 9.31. The number of benzene rings is 1. The van der Waals surface area contributed by atoms with Crippen molar-refractivity contribution in [3.8, 4) is 5.75 Å². The minimum Gasteiger partial charge on any atom is -0.491 e. The van der Waals surface area contributed by atoms with Crippen LogP contribution in [0.25, 0.3) is 0 Å². The van der Waals surface area contributed by atoms with Crippen LogP contribution in [0.2, 0.25) is 0 Å². The predicted molar refractivity (Wildman–Crippen MR) is 81.8 cm³/mol. The lowest BCUT2D eigenvalue weighted by Gasteiger charge is -2.22. The fraction of sp³-hybridized carbons (Fsp3) is 0.500. The summed E-state index contributed by atoms with van der Waals surface area (Å²) in [5.41, 5.74) is 0. The van der Waals surface area contributed by atoms with Crippen LogP contribution < -0.4 is 4.74 Å². The molecule has 0 unspecified atom stereocenters. The Labute approximate surface area is 130 Å².